The van der Waals surface area contributed by atoms with Crippen LogP contribution in [0.1, 0.15) is 10.4 Å². The Morgan fingerprint density at radius 3 is 2.21 bits per heavy atom. The highest BCUT2D eigenvalue weighted by atomic mass is 32.2. The fourth-order valence-electron chi connectivity index (χ4n) is 2.49. The van der Waals surface area contributed by atoms with E-state index in [1.807, 2.05) is 36.4 Å². The van der Waals surface area contributed by atoms with Crippen LogP contribution in [0.5, 0.6) is 0 Å². The van der Waals surface area contributed by atoms with Crippen molar-refractivity contribution in [2.24, 2.45) is 0 Å². The van der Waals surface area contributed by atoms with E-state index in [2.05, 4.69) is 0 Å². The molecule has 0 N–H and O–H groups in total. The van der Waals surface area contributed by atoms with Crippen molar-refractivity contribution in [3.05, 3.63) is 66.2 Å². The minimum atomic E-state index is -0.250. The van der Waals surface area contributed by atoms with E-state index in [4.69, 9.17) is 0 Å². The smallest absolute Gasteiger partial charge is 0.288 e. The number of nitrogens with zero attached hydrogens (tertiary/aromatic N) is 2. The molecule has 3 rings (SSSR count). The average Bonchev–Trinajstić information content (AvgIpc) is 2.95. The highest BCUT2D eigenvalue weighted by Gasteiger charge is 2.30. The summed E-state index contributed by atoms with van der Waals surface area (Å²) in [6.45, 7) is 0.452. The van der Waals surface area contributed by atoms with Crippen LogP contribution in [0.25, 0.3) is 0 Å². The number of hydrogen-bond acceptors (Lipinski definition) is 4. The number of hydrogen-bond donors (Lipinski definition) is 0. The van der Waals surface area contributed by atoms with Crippen LogP contribution in [-0.4, -0.2) is 40.8 Å². The lowest BCUT2D eigenvalue weighted by Crippen LogP contribution is -2.40. The zero-order valence-corrected chi connectivity index (χ0v) is 13.7. The molecular weight excluding hydrogens is 324 g/mol. The number of amides is 3. The molecule has 0 aliphatic carbocycles. The maximum Gasteiger partial charge on any atom is 0.288 e. The summed E-state index contributed by atoms with van der Waals surface area (Å²) < 4.78 is 0. The summed E-state index contributed by atoms with van der Waals surface area (Å²) in [5.41, 5.74) is 1.30. The van der Waals surface area contributed by atoms with E-state index in [-0.39, 0.29) is 35.9 Å². The van der Waals surface area contributed by atoms with Crippen molar-refractivity contribution in [2.75, 3.05) is 23.7 Å². The summed E-state index contributed by atoms with van der Waals surface area (Å²) in [4.78, 5) is 39.1. The quantitative estimate of drug-likeness (QED) is 0.839. The number of benzene rings is 2. The predicted molar refractivity (Wildman–Crippen MR) is 94.1 cm³/mol. The number of thioether (sulfide) groups is 1. The van der Waals surface area contributed by atoms with Gasteiger partial charge in [0.25, 0.3) is 11.1 Å². The van der Waals surface area contributed by atoms with E-state index in [1.54, 1.807) is 29.2 Å². The SMILES string of the molecule is O=C1CSC(=O)N1CCN(C(=O)c1ccccc1)c1ccccc1. The summed E-state index contributed by atoms with van der Waals surface area (Å²) in [5.74, 6) is -0.185. The Labute approximate surface area is 144 Å². The third kappa shape index (κ3) is 3.49. The second-order valence-electron chi connectivity index (χ2n) is 5.26. The summed E-state index contributed by atoms with van der Waals surface area (Å²) in [5, 5.41) is -0.250. The molecule has 1 saturated heterocycles. The van der Waals surface area contributed by atoms with E-state index in [9.17, 15) is 14.4 Å². The Bertz CT molecular complexity index is 733. The van der Waals surface area contributed by atoms with Crippen molar-refractivity contribution in [3.63, 3.8) is 0 Å². The van der Waals surface area contributed by atoms with E-state index in [0.29, 0.717) is 5.56 Å². The maximum absolute atomic E-state index is 12.8. The first-order chi connectivity index (χ1) is 11.7. The lowest BCUT2D eigenvalue weighted by Gasteiger charge is -2.25. The van der Waals surface area contributed by atoms with Gasteiger partial charge in [0, 0.05) is 24.3 Å². The van der Waals surface area contributed by atoms with Gasteiger partial charge in [-0.1, -0.05) is 48.2 Å². The second-order valence-corrected chi connectivity index (χ2v) is 6.18. The van der Waals surface area contributed by atoms with Gasteiger partial charge in [-0.2, -0.15) is 0 Å². The molecule has 1 aliphatic heterocycles. The van der Waals surface area contributed by atoms with Crippen LogP contribution in [0, 0.1) is 0 Å². The topological polar surface area (TPSA) is 57.7 Å². The van der Waals surface area contributed by atoms with Crippen LogP contribution < -0.4 is 4.90 Å². The Balaban J connectivity index is 1.82. The van der Waals surface area contributed by atoms with Crippen molar-refractivity contribution >= 4 is 34.5 Å². The van der Waals surface area contributed by atoms with Gasteiger partial charge in [-0.15, -0.1) is 0 Å². The van der Waals surface area contributed by atoms with Crippen molar-refractivity contribution in [3.8, 4) is 0 Å². The number of anilines is 1. The molecule has 5 nitrogen and oxygen atoms in total. The van der Waals surface area contributed by atoms with Crippen LogP contribution >= 0.6 is 11.8 Å². The maximum atomic E-state index is 12.8. The zero-order valence-electron chi connectivity index (χ0n) is 12.9. The highest BCUT2D eigenvalue weighted by Crippen LogP contribution is 2.21. The fourth-order valence-corrected chi connectivity index (χ4v) is 3.24. The Morgan fingerprint density at radius 1 is 1.00 bits per heavy atom. The largest absolute Gasteiger partial charge is 0.307 e. The van der Waals surface area contributed by atoms with Gasteiger partial charge in [-0.3, -0.25) is 19.3 Å². The number of carbonyl (C=O) groups excluding carboxylic acids is 3. The van der Waals surface area contributed by atoms with Crippen LogP contribution in [0.4, 0.5) is 10.5 Å². The molecule has 0 atom stereocenters. The van der Waals surface area contributed by atoms with Crippen LogP contribution in [-0.2, 0) is 4.79 Å². The number of imide groups is 1. The molecule has 0 unspecified atom stereocenters. The van der Waals surface area contributed by atoms with Gasteiger partial charge in [0.15, 0.2) is 0 Å². The van der Waals surface area contributed by atoms with Crippen molar-refractivity contribution in [1.82, 2.24) is 4.90 Å². The van der Waals surface area contributed by atoms with E-state index >= 15 is 0 Å². The number of para-hydroxylation sites is 1. The van der Waals surface area contributed by atoms with Gasteiger partial charge < -0.3 is 4.90 Å². The molecule has 0 radical (unpaired) electrons. The molecule has 122 valence electrons. The van der Waals surface area contributed by atoms with Gasteiger partial charge in [-0.25, -0.2) is 0 Å². The van der Waals surface area contributed by atoms with E-state index in [1.165, 1.54) is 4.90 Å². The molecule has 0 spiro atoms. The molecule has 3 amide bonds. The number of rotatable bonds is 5. The Kier molecular flexibility index (Phi) is 4.96. The van der Waals surface area contributed by atoms with Crippen molar-refractivity contribution < 1.29 is 14.4 Å². The monoisotopic (exact) mass is 340 g/mol. The molecule has 2 aromatic carbocycles. The minimum absolute atomic E-state index is 0.159. The first kappa shape index (κ1) is 16.3. The second kappa shape index (κ2) is 7.31. The first-order valence-electron chi connectivity index (χ1n) is 7.56. The minimum Gasteiger partial charge on any atom is -0.307 e. The molecule has 0 bridgehead atoms. The average molecular weight is 340 g/mol. The van der Waals surface area contributed by atoms with Gasteiger partial charge >= 0.3 is 0 Å². The summed E-state index contributed by atoms with van der Waals surface area (Å²) in [6, 6.07) is 18.2. The van der Waals surface area contributed by atoms with E-state index in [0.717, 1.165) is 17.4 Å². The third-order valence-electron chi connectivity index (χ3n) is 3.72. The molecule has 1 heterocycles. The fraction of sp³-hybridized carbons (Fsp3) is 0.167. The number of carbonyl (C=O) groups is 3. The zero-order chi connectivity index (χ0) is 16.9. The molecular formula is C18H16N2O3S. The van der Waals surface area contributed by atoms with Gasteiger partial charge in [0.05, 0.1) is 5.75 Å². The van der Waals surface area contributed by atoms with Gasteiger partial charge in [0.2, 0.25) is 5.91 Å². The summed E-state index contributed by atoms with van der Waals surface area (Å²) in [6.07, 6.45) is 0. The highest BCUT2D eigenvalue weighted by molar-refractivity contribution is 8.14. The van der Waals surface area contributed by atoms with Crippen LogP contribution in [0.2, 0.25) is 0 Å². The summed E-state index contributed by atoms with van der Waals surface area (Å²) >= 11 is 1.000. The predicted octanol–water partition coefficient (Wildman–Crippen LogP) is 3.03. The normalized spacial score (nSPS) is 14.1. The lowest BCUT2D eigenvalue weighted by atomic mass is 10.2. The molecule has 1 fully saturated rings. The molecule has 6 heteroatoms. The molecule has 0 aromatic heterocycles. The van der Waals surface area contributed by atoms with Crippen LogP contribution in [0.3, 0.4) is 0 Å². The van der Waals surface area contributed by atoms with Gasteiger partial charge in [0.1, 0.15) is 0 Å². The molecule has 0 saturated carbocycles. The summed E-state index contributed by atoms with van der Waals surface area (Å²) in [7, 11) is 0. The van der Waals surface area contributed by atoms with E-state index < -0.39 is 0 Å². The lowest BCUT2D eigenvalue weighted by molar-refractivity contribution is -0.124. The molecule has 2 aromatic rings. The van der Waals surface area contributed by atoms with Crippen LogP contribution in [0.15, 0.2) is 60.7 Å². The Hall–Kier alpha value is -2.60. The first-order valence-corrected chi connectivity index (χ1v) is 8.54. The Morgan fingerprint density at radius 2 is 1.62 bits per heavy atom. The van der Waals surface area contributed by atoms with Gasteiger partial charge in [-0.05, 0) is 24.3 Å². The third-order valence-corrected chi connectivity index (χ3v) is 4.58. The molecule has 24 heavy (non-hydrogen) atoms. The van der Waals surface area contributed by atoms with Crippen molar-refractivity contribution in [1.29, 1.82) is 0 Å². The molecule has 1 aliphatic rings. The van der Waals surface area contributed by atoms with Crippen molar-refractivity contribution in [2.45, 2.75) is 0 Å². The standard InChI is InChI=1S/C18H16N2O3S/c21-16-13-24-18(23)20(16)12-11-19(15-9-5-2-6-10-15)17(22)14-7-3-1-4-8-14/h1-10H,11-13H2.